The minimum Gasteiger partial charge on any atom is -0.460 e. The molecule has 0 aliphatic heterocycles. The Labute approximate surface area is 207 Å². The maximum atomic E-state index is 14.2. The monoisotopic (exact) mass is 500 g/mol. The summed E-state index contributed by atoms with van der Waals surface area (Å²) in [5, 5.41) is 2.57. The van der Waals surface area contributed by atoms with Gasteiger partial charge in [0.15, 0.2) is 5.67 Å². The highest BCUT2D eigenvalue weighted by molar-refractivity contribution is 5.96. The lowest BCUT2D eigenvalue weighted by Crippen LogP contribution is -2.61. The van der Waals surface area contributed by atoms with Crippen LogP contribution in [0.5, 0.6) is 0 Å². The summed E-state index contributed by atoms with van der Waals surface area (Å²) in [7, 11) is 5.82. The van der Waals surface area contributed by atoms with Gasteiger partial charge in [0.05, 0.1) is 13.0 Å². The van der Waals surface area contributed by atoms with Crippen LogP contribution in [0.3, 0.4) is 0 Å². The van der Waals surface area contributed by atoms with E-state index in [-0.39, 0.29) is 6.42 Å². The van der Waals surface area contributed by atoms with Crippen LogP contribution in [0.2, 0.25) is 0 Å². The topological polar surface area (TPSA) is 116 Å². The minimum atomic E-state index is -2.16. The molecule has 0 aromatic heterocycles. The zero-order chi connectivity index (χ0) is 27.4. The van der Waals surface area contributed by atoms with E-state index < -0.39 is 59.0 Å². The fourth-order valence-corrected chi connectivity index (χ4v) is 3.89. The van der Waals surface area contributed by atoms with Crippen LogP contribution in [0, 0.1) is 0 Å². The molecule has 0 radical (unpaired) electrons. The third-order valence-corrected chi connectivity index (χ3v) is 5.85. The number of halogens is 1. The Morgan fingerprint density at radius 2 is 1.49 bits per heavy atom. The minimum absolute atomic E-state index is 0.336. The van der Waals surface area contributed by atoms with Gasteiger partial charge in [-0.25, -0.2) is 4.39 Å². The molecule has 0 spiro atoms. The predicted molar refractivity (Wildman–Crippen MR) is 128 cm³/mol. The molecule has 200 valence electrons. The summed E-state index contributed by atoms with van der Waals surface area (Å²) in [6.07, 6.45) is 1.68. The van der Waals surface area contributed by atoms with E-state index in [1.54, 1.807) is 20.8 Å². The molecule has 35 heavy (non-hydrogen) atoms. The maximum Gasteiger partial charge on any atom is 0.308 e. The lowest BCUT2D eigenvalue weighted by molar-refractivity contribution is -0.160. The summed E-state index contributed by atoms with van der Waals surface area (Å²) < 4.78 is 19.5. The van der Waals surface area contributed by atoms with E-state index in [1.807, 2.05) is 0 Å². The first-order chi connectivity index (χ1) is 15.8. The molecule has 0 aromatic rings. The average molecular weight is 501 g/mol. The Morgan fingerprint density at radius 1 is 0.971 bits per heavy atom. The molecule has 4 amide bonds. The lowest BCUT2D eigenvalue weighted by atomic mass is 9.94. The van der Waals surface area contributed by atoms with Crippen molar-refractivity contribution < 1.29 is 33.1 Å². The van der Waals surface area contributed by atoms with Crippen molar-refractivity contribution >= 4 is 29.6 Å². The summed E-state index contributed by atoms with van der Waals surface area (Å²) in [6.45, 7) is 6.94. The molecule has 1 N–H and O–H groups in total. The van der Waals surface area contributed by atoms with Gasteiger partial charge < -0.3 is 24.8 Å². The summed E-state index contributed by atoms with van der Waals surface area (Å²) in [5.41, 5.74) is -4.21. The Bertz CT molecular complexity index is 825. The normalized spacial score (nSPS) is 16.2. The zero-order valence-electron chi connectivity index (χ0n) is 22.5. The molecule has 0 bridgehead atoms. The van der Waals surface area contributed by atoms with Crippen molar-refractivity contribution in [2.75, 3.05) is 34.7 Å². The highest BCUT2D eigenvalue weighted by Gasteiger charge is 2.46. The Morgan fingerprint density at radius 3 is 1.91 bits per heavy atom. The molecule has 1 saturated carbocycles. The number of hydrogen-bond acceptors (Lipinski definition) is 6. The van der Waals surface area contributed by atoms with Crippen molar-refractivity contribution in [3.05, 3.63) is 0 Å². The number of likely N-dealkylation sites (N-methyl/N-ethyl adjacent to an activating group) is 3. The standard InChI is InChI=1S/C24H41FN4O6/c1-22(2,3)35-18(31)14-16(19(32)27(6)7)29(9)17(30)15-28(8)21(34)24(12-10-11-13-24)26-20(33)23(4,5)25/h16H,10-15H2,1-9H3,(H,26,33)/t16-/m0/s1. The van der Waals surface area contributed by atoms with Crippen LogP contribution in [0.4, 0.5) is 4.39 Å². The predicted octanol–water partition coefficient (Wildman–Crippen LogP) is 1.27. The van der Waals surface area contributed by atoms with Gasteiger partial charge in [0, 0.05) is 28.2 Å². The molecule has 0 saturated heterocycles. The number of nitrogens with one attached hydrogen (secondary N) is 1. The molecule has 1 atom stereocenters. The van der Waals surface area contributed by atoms with Crippen LogP contribution in [-0.2, 0) is 28.7 Å². The number of alkyl halides is 1. The maximum absolute atomic E-state index is 14.2. The fraction of sp³-hybridized carbons (Fsp3) is 0.792. The number of nitrogens with zero attached hydrogens (tertiary/aromatic N) is 3. The van der Waals surface area contributed by atoms with Gasteiger partial charge in [-0.3, -0.25) is 24.0 Å². The van der Waals surface area contributed by atoms with Crippen molar-refractivity contribution in [2.45, 2.75) is 89.6 Å². The summed E-state index contributed by atoms with van der Waals surface area (Å²) >= 11 is 0. The van der Waals surface area contributed by atoms with Crippen molar-refractivity contribution in [2.24, 2.45) is 0 Å². The van der Waals surface area contributed by atoms with Crippen molar-refractivity contribution in [3.8, 4) is 0 Å². The van der Waals surface area contributed by atoms with Gasteiger partial charge >= 0.3 is 5.97 Å². The molecular weight excluding hydrogens is 459 g/mol. The van der Waals surface area contributed by atoms with Crippen LogP contribution in [0.1, 0.15) is 66.7 Å². The molecule has 10 nitrogen and oxygen atoms in total. The summed E-state index contributed by atoms with van der Waals surface area (Å²) in [6, 6.07) is -1.12. The third kappa shape index (κ3) is 8.47. The van der Waals surface area contributed by atoms with Crippen molar-refractivity contribution in [3.63, 3.8) is 0 Å². The molecule has 1 rings (SSSR count). The molecule has 0 heterocycles. The van der Waals surface area contributed by atoms with Crippen LogP contribution in [0.25, 0.3) is 0 Å². The second kappa shape index (κ2) is 11.3. The van der Waals surface area contributed by atoms with Gasteiger partial charge in [-0.1, -0.05) is 12.8 Å². The van der Waals surface area contributed by atoms with Gasteiger partial charge in [0.2, 0.25) is 17.7 Å². The first-order valence-electron chi connectivity index (χ1n) is 11.8. The van der Waals surface area contributed by atoms with Crippen molar-refractivity contribution in [1.29, 1.82) is 0 Å². The van der Waals surface area contributed by atoms with Crippen LogP contribution in [-0.4, -0.2) is 102 Å². The largest absolute Gasteiger partial charge is 0.460 e. The van der Waals surface area contributed by atoms with Gasteiger partial charge in [-0.15, -0.1) is 0 Å². The number of carbonyl (C=O) groups is 5. The highest BCUT2D eigenvalue weighted by Crippen LogP contribution is 2.32. The number of rotatable bonds is 9. The van der Waals surface area contributed by atoms with E-state index in [2.05, 4.69) is 5.32 Å². The first-order valence-corrected chi connectivity index (χ1v) is 11.8. The van der Waals surface area contributed by atoms with E-state index in [1.165, 1.54) is 38.0 Å². The van der Waals surface area contributed by atoms with Crippen LogP contribution < -0.4 is 5.32 Å². The molecule has 1 aliphatic carbocycles. The van der Waals surface area contributed by atoms with E-state index >= 15 is 0 Å². The second-order valence-corrected chi connectivity index (χ2v) is 10.9. The fourth-order valence-electron chi connectivity index (χ4n) is 3.89. The Hall–Kier alpha value is -2.72. The molecule has 0 aromatic carbocycles. The van der Waals surface area contributed by atoms with Gasteiger partial charge in [0.25, 0.3) is 5.91 Å². The van der Waals surface area contributed by atoms with Crippen molar-refractivity contribution in [1.82, 2.24) is 20.0 Å². The average Bonchev–Trinajstić information content (AvgIpc) is 3.17. The Balaban J connectivity index is 3.02. The number of ether oxygens (including phenoxy) is 1. The quantitative estimate of drug-likeness (QED) is 0.477. The van der Waals surface area contributed by atoms with E-state index in [0.717, 1.165) is 18.7 Å². The summed E-state index contributed by atoms with van der Waals surface area (Å²) in [4.78, 5) is 67.4. The third-order valence-electron chi connectivity index (χ3n) is 5.85. The molecular formula is C24H41FN4O6. The zero-order valence-corrected chi connectivity index (χ0v) is 22.5. The van der Waals surface area contributed by atoms with Gasteiger partial charge in [-0.2, -0.15) is 0 Å². The second-order valence-electron chi connectivity index (χ2n) is 10.9. The number of carbonyl (C=O) groups excluding carboxylic acids is 5. The van der Waals surface area contributed by atoms with E-state index in [4.69, 9.17) is 4.74 Å². The van der Waals surface area contributed by atoms with Gasteiger partial charge in [0.1, 0.15) is 17.2 Å². The number of amides is 4. The summed E-state index contributed by atoms with van der Waals surface area (Å²) in [5.74, 6) is -3.07. The number of hydrogen-bond donors (Lipinski definition) is 1. The van der Waals surface area contributed by atoms with Gasteiger partial charge in [-0.05, 0) is 47.5 Å². The van der Waals surface area contributed by atoms with Crippen LogP contribution in [0.15, 0.2) is 0 Å². The molecule has 11 heteroatoms. The molecule has 0 unspecified atom stereocenters. The number of esters is 1. The van der Waals surface area contributed by atoms with Crippen LogP contribution >= 0.6 is 0 Å². The highest BCUT2D eigenvalue weighted by atomic mass is 19.1. The molecule has 1 fully saturated rings. The van der Waals surface area contributed by atoms with E-state index in [9.17, 15) is 28.4 Å². The molecule has 1 aliphatic rings. The smallest absolute Gasteiger partial charge is 0.308 e. The first kappa shape index (κ1) is 30.3. The Kier molecular flexibility index (Phi) is 9.82. The lowest BCUT2D eigenvalue weighted by Gasteiger charge is -2.35. The van der Waals surface area contributed by atoms with E-state index in [0.29, 0.717) is 25.7 Å². The SMILES string of the molecule is CN(C)C(=O)[C@H](CC(=O)OC(C)(C)C)N(C)C(=O)CN(C)C(=O)C1(NC(=O)C(C)(C)F)CCCC1.